The van der Waals surface area contributed by atoms with Crippen LogP contribution in [0.15, 0.2) is 24.3 Å². The summed E-state index contributed by atoms with van der Waals surface area (Å²) >= 11 is 0. The van der Waals surface area contributed by atoms with E-state index in [2.05, 4.69) is 149 Å². The Labute approximate surface area is 248 Å². The van der Waals surface area contributed by atoms with Crippen molar-refractivity contribution in [3.8, 4) is 11.5 Å². The zero-order chi connectivity index (χ0) is 31.4. The highest BCUT2D eigenvalue weighted by molar-refractivity contribution is 7.41. The molecule has 3 nitrogen and oxygen atoms in total. The van der Waals surface area contributed by atoms with Gasteiger partial charge in [-0.2, -0.15) is 0 Å². The average molecular weight is 571 g/mol. The Kier molecular flexibility index (Phi) is 9.46. The van der Waals surface area contributed by atoms with Crippen LogP contribution in [-0.4, -0.2) is 4.89 Å². The van der Waals surface area contributed by atoms with E-state index < -0.39 is 8.60 Å². The van der Waals surface area contributed by atoms with Crippen molar-refractivity contribution in [2.75, 3.05) is 0 Å². The van der Waals surface area contributed by atoms with Gasteiger partial charge in [-0.05, 0) is 43.6 Å². The van der Waals surface area contributed by atoms with Crippen LogP contribution < -0.4 is 9.05 Å². The topological polar surface area (TPSA) is 38.7 Å². The molecule has 0 amide bonds. The molecule has 226 valence electrons. The van der Waals surface area contributed by atoms with Gasteiger partial charge >= 0.3 is 8.60 Å². The monoisotopic (exact) mass is 570 g/mol. The third-order valence-electron chi connectivity index (χ3n) is 7.48. The summed E-state index contributed by atoms with van der Waals surface area (Å²) in [5, 5.41) is 0. The van der Waals surface area contributed by atoms with E-state index in [1.807, 2.05) is 0 Å². The quantitative estimate of drug-likeness (QED) is 0.372. The molecule has 0 atom stereocenters. The van der Waals surface area contributed by atoms with Crippen LogP contribution in [0, 0.1) is 0 Å². The van der Waals surface area contributed by atoms with E-state index in [0.29, 0.717) is 0 Å². The molecule has 4 heteroatoms. The van der Waals surface area contributed by atoms with Crippen molar-refractivity contribution in [1.82, 2.24) is 0 Å². The van der Waals surface area contributed by atoms with Crippen molar-refractivity contribution < 1.29 is 13.9 Å². The van der Waals surface area contributed by atoms with Crippen molar-refractivity contribution in [1.29, 1.82) is 0 Å². The summed E-state index contributed by atoms with van der Waals surface area (Å²) in [6, 6.07) is 9.03. The molecule has 0 fully saturated rings. The van der Waals surface area contributed by atoms with Crippen LogP contribution >= 0.6 is 8.60 Å². The van der Waals surface area contributed by atoms with Crippen LogP contribution in [0.1, 0.15) is 158 Å². The Morgan fingerprint density at radius 1 is 0.400 bits per heavy atom. The van der Waals surface area contributed by atoms with Crippen LogP contribution in [0.25, 0.3) is 0 Å². The van der Waals surface area contributed by atoms with Crippen LogP contribution in [0.5, 0.6) is 11.5 Å². The van der Waals surface area contributed by atoms with E-state index in [-0.39, 0.29) is 32.5 Å². The highest BCUT2D eigenvalue weighted by atomic mass is 31.2. The van der Waals surface area contributed by atoms with Crippen LogP contribution in [0.4, 0.5) is 0 Å². The average Bonchev–Trinajstić information content (AvgIpc) is 2.68. The molecule has 0 aromatic heterocycles. The standard InChI is InChI=1S/C36H59O3P/c1-31(2,3)23-19-25(33(7,8)9)29(26(20-23)34(10,11)12)38-40(37)39-30-27(35(13,14)15)21-24(32(4,5)6)22-28(30)36(16,17)18/h19-22,37H,1-18H3. The smallest absolute Gasteiger partial charge is 0.417 e. The highest BCUT2D eigenvalue weighted by Gasteiger charge is 2.35. The third kappa shape index (κ3) is 8.25. The lowest BCUT2D eigenvalue weighted by Crippen LogP contribution is -2.23. The second-order valence-electron chi connectivity index (χ2n) is 17.7. The summed E-state index contributed by atoms with van der Waals surface area (Å²) in [5.41, 5.74) is 6.10. The number of hydrogen-bond donors (Lipinski definition) is 1. The van der Waals surface area contributed by atoms with Crippen molar-refractivity contribution in [3.63, 3.8) is 0 Å². The van der Waals surface area contributed by atoms with Crippen molar-refractivity contribution in [2.45, 2.75) is 157 Å². The Bertz CT molecular complexity index is 1030. The highest BCUT2D eigenvalue weighted by Crippen LogP contribution is 2.51. The van der Waals surface area contributed by atoms with Crippen LogP contribution in [0.3, 0.4) is 0 Å². The molecule has 0 saturated heterocycles. The maximum atomic E-state index is 11.6. The fourth-order valence-electron chi connectivity index (χ4n) is 4.72. The second-order valence-corrected chi connectivity index (χ2v) is 18.6. The molecule has 2 aromatic carbocycles. The Hall–Kier alpha value is -1.57. The van der Waals surface area contributed by atoms with Gasteiger partial charge in [-0.25, -0.2) is 0 Å². The molecule has 0 radical (unpaired) electrons. The van der Waals surface area contributed by atoms with Crippen LogP contribution in [0.2, 0.25) is 0 Å². The Morgan fingerprint density at radius 2 is 0.600 bits per heavy atom. The first-order valence-electron chi connectivity index (χ1n) is 14.8. The number of benzene rings is 2. The van der Waals surface area contributed by atoms with Crippen molar-refractivity contribution >= 4 is 8.60 Å². The maximum absolute atomic E-state index is 11.6. The fraction of sp³-hybridized carbons (Fsp3) is 0.667. The van der Waals surface area contributed by atoms with Crippen molar-refractivity contribution in [3.05, 3.63) is 57.6 Å². The van der Waals surface area contributed by atoms with Crippen molar-refractivity contribution in [2.24, 2.45) is 0 Å². The molecular weight excluding hydrogens is 511 g/mol. The van der Waals surface area contributed by atoms with Gasteiger partial charge in [-0.1, -0.05) is 149 Å². The molecule has 0 aliphatic carbocycles. The first-order chi connectivity index (χ1) is 17.5. The van der Waals surface area contributed by atoms with Gasteiger partial charge in [0.1, 0.15) is 11.5 Å². The molecule has 0 unspecified atom stereocenters. The minimum atomic E-state index is -2.26. The Morgan fingerprint density at radius 3 is 0.750 bits per heavy atom. The summed E-state index contributed by atoms with van der Waals surface area (Å²) in [7, 11) is -2.26. The lowest BCUT2D eigenvalue weighted by atomic mass is 9.75. The second kappa shape index (κ2) is 10.9. The van der Waals surface area contributed by atoms with Gasteiger partial charge in [0.25, 0.3) is 0 Å². The molecule has 2 rings (SSSR count). The minimum Gasteiger partial charge on any atom is -0.417 e. The van der Waals surface area contributed by atoms with E-state index in [1.54, 1.807) is 0 Å². The first kappa shape index (κ1) is 34.6. The maximum Gasteiger partial charge on any atom is 0.460 e. The molecular formula is C36H59O3P. The van der Waals surface area contributed by atoms with E-state index in [0.717, 1.165) is 33.8 Å². The molecule has 0 spiro atoms. The lowest BCUT2D eigenvalue weighted by Gasteiger charge is -2.35. The molecule has 2 aromatic rings. The normalized spacial score (nSPS) is 14.1. The molecule has 0 aliphatic heterocycles. The van der Waals surface area contributed by atoms with Gasteiger partial charge in [0, 0.05) is 22.3 Å². The molecule has 0 saturated carbocycles. The number of hydrogen-bond acceptors (Lipinski definition) is 3. The van der Waals surface area contributed by atoms with Gasteiger partial charge in [0.15, 0.2) is 0 Å². The van der Waals surface area contributed by atoms with E-state index >= 15 is 0 Å². The predicted molar refractivity (Wildman–Crippen MR) is 175 cm³/mol. The molecule has 40 heavy (non-hydrogen) atoms. The molecule has 0 bridgehead atoms. The minimum absolute atomic E-state index is 0.0169. The van der Waals surface area contributed by atoms with E-state index in [4.69, 9.17) is 9.05 Å². The molecule has 0 aliphatic rings. The van der Waals surface area contributed by atoms with E-state index in [1.165, 1.54) is 11.1 Å². The summed E-state index contributed by atoms with van der Waals surface area (Å²) in [5.74, 6) is 1.48. The SMILES string of the molecule is CC(C)(C)c1cc(C(C)(C)C)c(OP(O)Oc2c(C(C)(C)C)cc(C(C)(C)C)cc2C(C)(C)C)c(C(C)(C)C)c1. The fourth-order valence-corrected chi connectivity index (χ4v) is 5.47. The summed E-state index contributed by atoms with van der Waals surface area (Å²) in [4.78, 5) is 11.6. The lowest BCUT2D eigenvalue weighted by molar-refractivity contribution is 0.359. The summed E-state index contributed by atoms with van der Waals surface area (Å²) in [6.45, 7) is 39.9. The first-order valence-corrected chi connectivity index (χ1v) is 15.9. The van der Waals surface area contributed by atoms with Gasteiger partial charge < -0.3 is 13.9 Å². The van der Waals surface area contributed by atoms with E-state index in [9.17, 15) is 4.89 Å². The molecule has 1 N–H and O–H groups in total. The van der Waals surface area contributed by atoms with Gasteiger partial charge in [-0.15, -0.1) is 0 Å². The van der Waals surface area contributed by atoms with Gasteiger partial charge in [0.2, 0.25) is 0 Å². The predicted octanol–water partition coefficient (Wildman–Crippen LogP) is 11.1. The van der Waals surface area contributed by atoms with Gasteiger partial charge in [0.05, 0.1) is 0 Å². The number of rotatable bonds is 4. The molecule has 0 heterocycles. The zero-order valence-corrected chi connectivity index (χ0v) is 29.9. The zero-order valence-electron chi connectivity index (χ0n) is 29.0. The Balaban J connectivity index is 2.80. The van der Waals surface area contributed by atoms with Gasteiger partial charge in [-0.3, -0.25) is 0 Å². The largest absolute Gasteiger partial charge is 0.460 e. The third-order valence-corrected chi connectivity index (χ3v) is 8.16. The summed E-state index contributed by atoms with van der Waals surface area (Å²) < 4.78 is 13.1. The summed E-state index contributed by atoms with van der Waals surface area (Å²) in [6.07, 6.45) is 0. The van der Waals surface area contributed by atoms with Crippen LogP contribution in [-0.2, 0) is 32.5 Å².